The van der Waals surface area contributed by atoms with Crippen molar-refractivity contribution in [3.05, 3.63) is 30.0 Å². The third-order valence-corrected chi connectivity index (χ3v) is 1.99. The van der Waals surface area contributed by atoms with Crippen LogP contribution in [-0.2, 0) is 13.7 Å². The fraction of sp³-hybridized carbons (Fsp3) is 0.222. The van der Waals surface area contributed by atoms with Crippen LogP contribution >= 0.6 is 0 Å². The Kier molecular flexibility index (Phi) is 1.57. The van der Waals surface area contributed by atoms with Gasteiger partial charge in [-0.2, -0.15) is 5.10 Å². The van der Waals surface area contributed by atoms with E-state index in [2.05, 4.69) is 5.10 Å². The fourth-order valence-electron chi connectivity index (χ4n) is 1.42. The molecule has 0 spiro atoms. The number of benzene rings is 1. The summed E-state index contributed by atoms with van der Waals surface area (Å²) < 4.78 is 14.2. The molecule has 0 bridgehead atoms. The number of aromatic nitrogens is 2. The second-order valence-electron chi connectivity index (χ2n) is 2.76. The summed E-state index contributed by atoms with van der Waals surface area (Å²) in [4.78, 5) is 0. The van der Waals surface area contributed by atoms with Crippen LogP contribution in [0.4, 0.5) is 4.39 Å². The van der Waals surface area contributed by atoms with Gasteiger partial charge in [-0.1, -0.05) is 18.2 Å². The predicted molar refractivity (Wildman–Crippen MR) is 45.5 cm³/mol. The Morgan fingerprint density at radius 1 is 1.50 bits per heavy atom. The fourth-order valence-corrected chi connectivity index (χ4v) is 1.42. The van der Waals surface area contributed by atoms with Gasteiger partial charge >= 0.3 is 0 Å². The first-order valence-corrected chi connectivity index (χ1v) is 3.78. The largest absolute Gasteiger partial charge is 0.268 e. The molecule has 0 unspecified atom stereocenters. The predicted octanol–water partition coefficient (Wildman–Crippen LogP) is 2.04. The molecule has 0 aliphatic heterocycles. The SMILES string of the molecule is Cn1ncc2cccc(CF)c21. The quantitative estimate of drug-likeness (QED) is 0.630. The Morgan fingerprint density at radius 3 is 3.08 bits per heavy atom. The van der Waals surface area contributed by atoms with Gasteiger partial charge in [-0.15, -0.1) is 0 Å². The molecular weight excluding hydrogens is 155 g/mol. The molecule has 0 amide bonds. The van der Waals surface area contributed by atoms with Crippen LogP contribution in [0.5, 0.6) is 0 Å². The zero-order valence-electron chi connectivity index (χ0n) is 6.79. The number of nitrogens with zero attached hydrogens (tertiary/aromatic N) is 2. The molecule has 2 nitrogen and oxygen atoms in total. The third-order valence-electron chi connectivity index (χ3n) is 1.99. The van der Waals surface area contributed by atoms with Gasteiger partial charge in [0.1, 0.15) is 6.67 Å². The normalized spacial score (nSPS) is 10.8. The Morgan fingerprint density at radius 2 is 2.33 bits per heavy atom. The lowest BCUT2D eigenvalue weighted by Crippen LogP contribution is -1.92. The number of hydrogen-bond acceptors (Lipinski definition) is 1. The van der Waals surface area contributed by atoms with Crippen LogP contribution < -0.4 is 0 Å². The van der Waals surface area contributed by atoms with E-state index in [1.165, 1.54) is 0 Å². The maximum atomic E-state index is 12.5. The van der Waals surface area contributed by atoms with Crippen LogP contribution in [0.1, 0.15) is 5.56 Å². The number of halogens is 1. The lowest BCUT2D eigenvalue weighted by molar-refractivity contribution is 0.486. The highest BCUT2D eigenvalue weighted by Crippen LogP contribution is 2.18. The van der Waals surface area contributed by atoms with Gasteiger partial charge in [0.2, 0.25) is 0 Å². The van der Waals surface area contributed by atoms with Gasteiger partial charge in [-0.25, -0.2) is 4.39 Å². The molecule has 0 radical (unpaired) electrons. The van der Waals surface area contributed by atoms with Crippen molar-refractivity contribution in [2.75, 3.05) is 0 Å². The smallest absolute Gasteiger partial charge is 0.117 e. The topological polar surface area (TPSA) is 17.8 Å². The van der Waals surface area contributed by atoms with E-state index in [1.807, 2.05) is 19.2 Å². The molecule has 1 heterocycles. The minimum absolute atomic E-state index is 0.434. The van der Waals surface area contributed by atoms with Gasteiger partial charge in [0, 0.05) is 18.0 Å². The lowest BCUT2D eigenvalue weighted by atomic mass is 10.2. The van der Waals surface area contributed by atoms with E-state index in [1.54, 1.807) is 16.9 Å². The van der Waals surface area contributed by atoms with Crippen molar-refractivity contribution in [3.63, 3.8) is 0 Å². The summed E-state index contributed by atoms with van der Waals surface area (Å²) in [5, 5.41) is 5.05. The van der Waals surface area contributed by atoms with E-state index in [4.69, 9.17) is 0 Å². The van der Waals surface area contributed by atoms with Gasteiger partial charge in [0.15, 0.2) is 0 Å². The van der Waals surface area contributed by atoms with Gasteiger partial charge in [0.05, 0.1) is 11.7 Å². The Bertz CT molecular complexity index is 406. The van der Waals surface area contributed by atoms with Crippen molar-refractivity contribution < 1.29 is 4.39 Å². The molecule has 0 aliphatic rings. The summed E-state index contributed by atoms with van der Waals surface area (Å²) in [5.74, 6) is 0. The zero-order valence-corrected chi connectivity index (χ0v) is 6.79. The molecule has 0 saturated carbocycles. The summed E-state index contributed by atoms with van der Waals surface area (Å²) in [6.45, 7) is -0.434. The Labute approximate surface area is 69.6 Å². The molecule has 0 aliphatic carbocycles. The van der Waals surface area contributed by atoms with Crippen molar-refractivity contribution in [3.8, 4) is 0 Å². The van der Waals surface area contributed by atoms with Crippen LogP contribution in [-0.4, -0.2) is 9.78 Å². The maximum absolute atomic E-state index is 12.5. The first-order chi connectivity index (χ1) is 5.83. The Hall–Kier alpha value is -1.38. The van der Waals surface area contributed by atoms with E-state index in [-0.39, 0.29) is 0 Å². The van der Waals surface area contributed by atoms with Crippen LogP contribution in [0.25, 0.3) is 10.9 Å². The molecule has 62 valence electrons. The Balaban J connectivity index is 2.84. The zero-order chi connectivity index (χ0) is 8.55. The van der Waals surface area contributed by atoms with Crippen molar-refractivity contribution >= 4 is 10.9 Å². The highest BCUT2D eigenvalue weighted by molar-refractivity contribution is 5.81. The highest BCUT2D eigenvalue weighted by atomic mass is 19.1. The maximum Gasteiger partial charge on any atom is 0.117 e. The molecular formula is C9H9FN2. The molecule has 0 fully saturated rings. The minimum Gasteiger partial charge on any atom is -0.268 e. The number of hydrogen-bond donors (Lipinski definition) is 0. The molecule has 1 aromatic carbocycles. The van der Waals surface area contributed by atoms with Gasteiger partial charge in [0.25, 0.3) is 0 Å². The van der Waals surface area contributed by atoms with Crippen LogP contribution in [0.2, 0.25) is 0 Å². The van der Waals surface area contributed by atoms with Gasteiger partial charge in [-0.05, 0) is 0 Å². The molecule has 1 aromatic heterocycles. The molecule has 0 N–H and O–H groups in total. The van der Waals surface area contributed by atoms with Crippen molar-refractivity contribution in [1.82, 2.24) is 9.78 Å². The average molecular weight is 164 g/mol. The number of fused-ring (bicyclic) bond motifs is 1. The lowest BCUT2D eigenvalue weighted by Gasteiger charge is -1.99. The molecule has 0 atom stereocenters. The third kappa shape index (κ3) is 0.897. The van der Waals surface area contributed by atoms with E-state index in [9.17, 15) is 4.39 Å². The van der Waals surface area contributed by atoms with Crippen LogP contribution in [0, 0.1) is 0 Å². The first kappa shape index (κ1) is 7.28. The van der Waals surface area contributed by atoms with E-state index in [0.717, 1.165) is 10.9 Å². The second-order valence-corrected chi connectivity index (χ2v) is 2.76. The number of rotatable bonds is 1. The summed E-state index contributed by atoms with van der Waals surface area (Å²) in [5.41, 5.74) is 1.59. The number of alkyl halides is 1. The van der Waals surface area contributed by atoms with Gasteiger partial charge < -0.3 is 0 Å². The van der Waals surface area contributed by atoms with E-state index < -0.39 is 6.67 Å². The minimum atomic E-state index is -0.434. The highest BCUT2D eigenvalue weighted by Gasteiger charge is 2.03. The summed E-state index contributed by atoms with van der Waals surface area (Å²) in [6.07, 6.45) is 1.74. The summed E-state index contributed by atoms with van der Waals surface area (Å²) in [7, 11) is 1.82. The molecule has 2 rings (SSSR count). The van der Waals surface area contributed by atoms with E-state index >= 15 is 0 Å². The first-order valence-electron chi connectivity index (χ1n) is 3.78. The molecule has 3 heteroatoms. The summed E-state index contributed by atoms with van der Waals surface area (Å²) in [6, 6.07) is 5.56. The summed E-state index contributed by atoms with van der Waals surface area (Å²) >= 11 is 0. The molecule has 12 heavy (non-hydrogen) atoms. The number of para-hydroxylation sites is 1. The van der Waals surface area contributed by atoms with Crippen molar-refractivity contribution in [2.45, 2.75) is 6.67 Å². The van der Waals surface area contributed by atoms with Crippen molar-refractivity contribution in [2.24, 2.45) is 7.05 Å². The monoisotopic (exact) mass is 164 g/mol. The standard InChI is InChI=1S/C9H9FN2/c1-12-9-7(5-10)3-2-4-8(9)6-11-12/h2-4,6H,5H2,1H3. The molecule has 0 saturated heterocycles. The molecule has 2 aromatic rings. The van der Waals surface area contributed by atoms with Crippen LogP contribution in [0.15, 0.2) is 24.4 Å². The average Bonchev–Trinajstić information content (AvgIpc) is 2.48. The number of aryl methyl sites for hydroxylation is 1. The van der Waals surface area contributed by atoms with Gasteiger partial charge in [-0.3, -0.25) is 4.68 Å². The van der Waals surface area contributed by atoms with Crippen molar-refractivity contribution in [1.29, 1.82) is 0 Å². The van der Waals surface area contributed by atoms with Crippen LogP contribution in [0.3, 0.4) is 0 Å². The second kappa shape index (κ2) is 2.59. The van der Waals surface area contributed by atoms with E-state index in [0.29, 0.717) is 5.56 Å².